The lowest BCUT2D eigenvalue weighted by Crippen LogP contribution is -2.45. The van der Waals surface area contributed by atoms with Crippen LogP contribution in [-0.2, 0) is 9.53 Å². The van der Waals surface area contributed by atoms with E-state index in [9.17, 15) is 9.59 Å². The average molecular weight is 245 g/mol. The first-order chi connectivity index (χ1) is 8.06. The van der Waals surface area contributed by atoms with Crippen molar-refractivity contribution in [1.82, 2.24) is 15.1 Å². The summed E-state index contributed by atoms with van der Waals surface area (Å²) in [4.78, 5) is 26.4. The summed E-state index contributed by atoms with van der Waals surface area (Å²) in [5.74, 6) is -0.176. The van der Waals surface area contributed by atoms with E-state index in [-0.39, 0.29) is 18.5 Å². The largest absolute Gasteiger partial charge is 0.383 e. The summed E-state index contributed by atoms with van der Waals surface area (Å²) in [7, 11) is 3.19. The highest BCUT2D eigenvalue weighted by atomic mass is 16.5. The molecule has 0 spiro atoms. The fourth-order valence-corrected chi connectivity index (χ4v) is 1.37. The van der Waals surface area contributed by atoms with Gasteiger partial charge in [0.05, 0.1) is 6.61 Å². The maximum Gasteiger partial charge on any atom is 0.320 e. The minimum atomic E-state index is -0.176. The Bertz CT molecular complexity index is 242. The number of carbonyl (C=O) groups excluding carboxylic acids is 2. The molecular formula is C11H23N3O3. The number of urea groups is 1. The first-order valence-electron chi connectivity index (χ1n) is 5.82. The first kappa shape index (κ1) is 15.7. The van der Waals surface area contributed by atoms with E-state index >= 15 is 0 Å². The van der Waals surface area contributed by atoms with Crippen molar-refractivity contribution in [3.8, 4) is 0 Å². The lowest BCUT2D eigenvalue weighted by atomic mass is 10.4. The Morgan fingerprint density at radius 3 is 2.29 bits per heavy atom. The van der Waals surface area contributed by atoms with Gasteiger partial charge < -0.3 is 19.9 Å². The molecule has 17 heavy (non-hydrogen) atoms. The first-order valence-corrected chi connectivity index (χ1v) is 5.82. The Labute approximate surface area is 103 Å². The zero-order valence-corrected chi connectivity index (χ0v) is 11.2. The van der Waals surface area contributed by atoms with Crippen LogP contribution in [0, 0.1) is 0 Å². The molecule has 1 N–H and O–H groups in total. The highest BCUT2D eigenvalue weighted by Gasteiger charge is 2.16. The predicted octanol–water partition coefficient (Wildman–Crippen LogP) is 0.143. The number of hydrogen-bond donors (Lipinski definition) is 1. The number of hydrogen-bond acceptors (Lipinski definition) is 3. The molecule has 0 rings (SSSR count). The lowest BCUT2D eigenvalue weighted by molar-refractivity contribution is -0.121. The van der Waals surface area contributed by atoms with Crippen molar-refractivity contribution in [2.24, 2.45) is 0 Å². The van der Waals surface area contributed by atoms with Crippen LogP contribution >= 0.6 is 0 Å². The molecule has 0 aliphatic rings. The Kier molecular flexibility index (Phi) is 8.13. The third kappa shape index (κ3) is 6.11. The highest BCUT2D eigenvalue weighted by Crippen LogP contribution is 1.95. The van der Waals surface area contributed by atoms with Crippen molar-refractivity contribution in [1.29, 1.82) is 0 Å². The van der Waals surface area contributed by atoms with Crippen molar-refractivity contribution in [2.45, 2.75) is 13.8 Å². The molecule has 0 heterocycles. The monoisotopic (exact) mass is 245 g/mol. The molecule has 0 atom stereocenters. The van der Waals surface area contributed by atoms with Crippen molar-refractivity contribution in [2.75, 3.05) is 46.9 Å². The molecule has 0 unspecified atom stereocenters. The third-order valence-corrected chi connectivity index (χ3v) is 2.37. The molecular weight excluding hydrogens is 222 g/mol. The lowest BCUT2D eigenvalue weighted by Gasteiger charge is -2.25. The van der Waals surface area contributed by atoms with Crippen molar-refractivity contribution in [3.63, 3.8) is 0 Å². The van der Waals surface area contributed by atoms with Crippen LogP contribution in [0.4, 0.5) is 4.79 Å². The van der Waals surface area contributed by atoms with Crippen molar-refractivity contribution < 1.29 is 14.3 Å². The predicted molar refractivity (Wildman–Crippen MR) is 65.8 cm³/mol. The quantitative estimate of drug-likeness (QED) is 0.649. The molecule has 0 saturated carbocycles. The van der Waals surface area contributed by atoms with Gasteiger partial charge in [0, 0.05) is 33.8 Å². The van der Waals surface area contributed by atoms with E-state index in [2.05, 4.69) is 5.32 Å². The Morgan fingerprint density at radius 1 is 1.24 bits per heavy atom. The van der Waals surface area contributed by atoms with E-state index in [1.54, 1.807) is 19.1 Å². The number of carbonyl (C=O) groups is 2. The van der Waals surface area contributed by atoms with Crippen LogP contribution in [0.15, 0.2) is 0 Å². The van der Waals surface area contributed by atoms with Gasteiger partial charge in [-0.25, -0.2) is 4.79 Å². The van der Waals surface area contributed by atoms with Crippen LogP contribution in [0.2, 0.25) is 0 Å². The molecule has 0 fully saturated rings. The van der Waals surface area contributed by atoms with Crippen LogP contribution in [0.25, 0.3) is 0 Å². The summed E-state index contributed by atoms with van der Waals surface area (Å²) in [5.41, 5.74) is 0. The number of methoxy groups -OCH3 is 1. The number of likely N-dealkylation sites (N-methyl/N-ethyl adjacent to an activating group) is 1. The fraction of sp³-hybridized carbons (Fsp3) is 0.818. The van der Waals surface area contributed by atoms with E-state index < -0.39 is 0 Å². The molecule has 0 aromatic rings. The standard InChI is InChI=1S/C11H23N3O3/c1-5-14(6-2)11(16)13(3)9-10(15)12-7-8-17-4/h5-9H2,1-4H3,(H,12,15). The average Bonchev–Trinajstić information content (AvgIpc) is 2.30. The molecule has 0 bridgehead atoms. The van der Waals surface area contributed by atoms with E-state index in [0.29, 0.717) is 26.2 Å². The number of rotatable bonds is 7. The van der Waals surface area contributed by atoms with Gasteiger partial charge in [-0.2, -0.15) is 0 Å². The summed E-state index contributed by atoms with van der Waals surface area (Å²) in [5, 5.41) is 2.67. The minimum absolute atomic E-state index is 0.0685. The van der Waals surface area contributed by atoms with Crippen molar-refractivity contribution >= 4 is 11.9 Å². The van der Waals surface area contributed by atoms with Gasteiger partial charge in [-0.3, -0.25) is 4.79 Å². The van der Waals surface area contributed by atoms with Crippen LogP contribution in [0.1, 0.15) is 13.8 Å². The van der Waals surface area contributed by atoms with Gasteiger partial charge in [0.2, 0.25) is 5.91 Å². The zero-order chi connectivity index (χ0) is 13.3. The summed E-state index contributed by atoms with van der Waals surface area (Å²) in [6.07, 6.45) is 0. The van der Waals surface area contributed by atoms with Crippen LogP contribution < -0.4 is 5.32 Å². The maximum atomic E-state index is 11.8. The molecule has 0 aliphatic heterocycles. The minimum Gasteiger partial charge on any atom is -0.383 e. The molecule has 0 saturated heterocycles. The van der Waals surface area contributed by atoms with E-state index in [1.165, 1.54) is 4.90 Å². The number of ether oxygens (including phenoxy) is 1. The summed E-state index contributed by atoms with van der Waals surface area (Å²) in [6, 6.07) is -0.128. The van der Waals surface area contributed by atoms with Gasteiger partial charge in [0.1, 0.15) is 6.54 Å². The fourth-order valence-electron chi connectivity index (χ4n) is 1.37. The van der Waals surface area contributed by atoms with Gasteiger partial charge >= 0.3 is 6.03 Å². The summed E-state index contributed by atoms with van der Waals surface area (Å²) in [6.45, 7) is 6.11. The molecule has 0 aliphatic carbocycles. The van der Waals surface area contributed by atoms with E-state index in [1.807, 2.05) is 13.8 Å². The van der Waals surface area contributed by atoms with Crippen LogP contribution in [-0.4, -0.2) is 68.7 Å². The van der Waals surface area contributed by atoms with E-state index in [0.717, 1.165) is 0 Å². The Hall–Kier alpha value is -1.30. The third-order valence-electron chi connectivity index (χ3n) is 2.37. The van der Waals surface area contributed by atoms with Crippen molar-refractivity contribution in [3.05, 3.63) is 0 Å². The number of nitrogens with zero attached hydrogens (tertiary/aromatic N) is 2. The normalized spacial score (nSPS) is 9.88. The van der Waals surface area contributed by atoms with Gasteiger partial charge in [-0.05, 0) is 13.8 Å². The van der Waals surface area contributed by atoms with Crippen LogP contribution in [0.3, 0.4) is 0 Å². The molecule has 6 heteroatoms. The number of amides is 3. The smallest absolute Gasteiger partial charge is 0.320 e. The molecule has 0 aromatic carbocycles. The summed E-state index contributed by atoms with van der Waals surface area (Å²) >= 11 is 0. The second-order valence-electron chi connectivity index (χ2n) is 3.65. The molecule has 3 amide bonds. The molecule has 100 valence electrons. The second kappa shape index (κ2) is 8.81. The van der Waals surface area contributed by atoms with Crippen LogP contribution in [0.5, 0.6) is 0 Å². The van der Waals surface area contributed by atoms with E-state index in [4.69, 9.17) is 4.74 Å². The summed E-state index contributed by atoms with van der Waals surface area (Å²) < 4.78 is 4.81. The Balaban J connectivity index is 4.02. The zero-order valence-electron chi connectivity index (χ0n) is 11.2. The molecule has 0 radical (unpaired) electrons. The Morgan fingerprint density at radius 2 is 1.82 bits per heavy atom. The maximum absolute atomic E-state index is 11.8. The van der Waals surface area contributed by atoms with Gasteiger partial charge in [-0.1, -0.05) is 0 Å². The number of nitrogens with one attached hydrogen (secondary N) is 1. The second-order valence-corrected chi connectivity index (χ2v) is 3.65. The van der Waals surface area contributed by atoms with Gasteiger partial charge in [0.15, 0.2) is 0 Å². The molecule has 0 aromatic heterocycles. The SMILES string of the molecule is CCN(CC)C(=O)N(C)CC(=O)NCCOC. The highest BCUT2D eigenvalue weighted by molar-refractivity contribution is 5.83. The van der Waals surface area contributed by atoms with Gasteiger partial charge in [0.25, 0.3) is 0 Å². The topological polar surface area (TPSA) is 61.9 Å². The van der Waals surface area contributed by atoms with Gasteiger partial charge in [-0.15, -0.1) is 0 Å². The molecule has 6 nitrogen and oxygen atoms in total.